The fourth-order valence-corrected chi connectivity index (χ4v) is 2.72. The van der Waals surface area contributed by atoms with Gasteiger partial charge in [0.2, 0.25) is 0 Å². The maximum Gasteiger partial charge on any atom is 0.0468 e. The molecule has 0 amide bonds. The van der Waals surface area contributed by atoms with E-state index in [1.54, 1.807) is 0 Å². The van der Waals surface area contributed by atoms with Gasteiger partial charge in [0, 0.05) is 25.8 Å². The largest absolute Gasteiger partial charge is 0.381 e. The van der Waals surface area contributed by atoms with E-state index in [1.807, 2.05) is 0 Å². The van der Waals surface area contributed by atoms with Crippen molar-refractivity contribution in [3.63, 3.8) is 0 Å². The average Bonchev–Trinajstić information content (AvgIpc) is 2.37. The summed E-state index contributed by atoms with van der Waals surface area (Å²) in [5.74, 6) is 0.903. The Morgan fingerprint density at radius 3 is 2.75 bits per heavy atom. The van der Waals surface area contributed by atoms with E-state index in [0.717, 1.165) is 31.7 Å². The van der Waals surface area contributed by atoms with Crippen molar-refractivity contribution < 1.29 is 4.74 Å². The molecule has 1 atom stereocenters. The van der Waals surface area contributed by atoms with E-state index >= 15 is 0 Å². The molecule has 0 aromatic carbocycles. The van der Waals surface area contributed by atoms with Crippen molar-refractivity contribution in [1.82, 2.24) is 10.6 Å². The molecule has 3 nitrogen and oxygen atoms in total. The molecular weight excluding hydrogens is 200 g/mol. The Bertz CT molecular complexity index is 155. The first-order valence-corrected chi connectivity index (χ1v) is 6.97. The molecule has 2 fully saturated rings. The maximum atomic E-state index is 5.37. The van der Waals surface area contributed by atoms with Gasteiger partial charge < -0.3 is 15.4 Å². The second-order valence-electron chi connectivity index (χ2n) is 5.20. The zero-order valence-electron chi connectivity index (χ0n) is 10.3. The second kappa shape index (κ2) is 7.25. The normalized spacial score (nSPS) is 28.1. The zero-order valence-corrected chi connectivity index (χ0v) is 10.3. The molecule has 2 rings (SSSR count). The Morgan fingerprint density at radius 2 is 2.00 bits per heavy atom. The van der Waals surface area contributed by atoms with Crippen molar-refractivity contribution in [3.8, 4) is 0 Å². The first-order chi connectivity index (χ1) is 7.95. The molecule has 0 aliphatic carbocycles. The Kier molecular flexibility index (Phi) is 5.59. The lowest BCUT2D eigenvalue weighted by molar-refractivity contribution is 0.0639. The van der Waals surface area contributed by atoms with Crippen LogP contribution < -0.4 is 10.6 Å². The van der Waals surface area contributed by atoms with Crippen LogP contribution in [0.1, 0.15) is 38.5 Å². The third-order valence-electron chi connectivity index (χ3n) is 3.87. The topological polar surface area (TPSA) is 33.3 Å². The van der Waals surface area contributed by atoms with E-state index in [9.17, 15) is 0 Å². The van der Waals surface area contributed by atoms with Crippen LogP contribution >= 0.6 is 0 Å². The highest BCUT2D eigenvalue weighted by Crippen LogP contribution is 2.17. The zero-order chi connectivity index (χ0) is 11.1. The van der Waals surface area contributed by atoms with Crippen molar-refractivity contribution in [2.45, 2.75) is 44.6 Å². The third-order valence-corrected chi connectivity index (χ3v) is 3.87. The molecule has 1 unspecified atom stereocenters. The van der Waals surface area contributed by atoms with Crippen LogP contribution in [0.15, 0.2) is 0 Å². The maximum absolute atomic E-state index is 5.37. The number of nitrogens with one attached hydrogen (secondary N) is 2. The van der Waals surface area contributed by atoms with E-state index in [4.69, 9.17) is 4.74 Å². The van der Waals surface area contributed by atoms with Crippen molar-refractivity contribution in [2.24, 2.45) is 5.92 Å². The third kappa shape index (κ3) is 4.40. The molecule has 2 aliphatic rings. The van der Waals surface area contributed by atoms with Crippen LogP contribution in [0.5, 0.6) is 0 Å². The number of hydrogen-bond donors (Lipinski definition) is 2. The monoisotopic (exact) mass is 226 g/mol. The molecule has 3 heteroatoms. The smallest absolute Gasteiger partial charge is 0.0468 e. The van der Waals surface area contributed by atoms with E-state index in [-0.39, 0.29) is 0 Å². The van der Waals surface area contributed by atoms with E-state index < -0.39 is 0 Å². The molecule has 0 spiro atoms. The Balaban J connectivity index is 1.47. The van der Waals surface area contributed by atoms with Gasteiger partial charge in [-0.05, 0) is 51.1 Å². The number of ether oxygens (including phenoxy) is 1. The molecule has 94 valence electrons. The van der Waals surface area contributed by atoms with Crippen LogP contribution in [0.3, 0.4) is 0 Å². The minimum absolute atomic E-state index is 0.725. The van der Waals surface area contributed by atoms with Gasteiger partial charge in [-0.2, -0.15) is 0 Å². The summed E-state index contributed by atoms with van der Waals surface area (Å²) < 4.78 is 5.37. The van der Waals surface area contributed by atoms with Crippen molar-refractivity contribution in [3.05, 3.63) is 0 Å². The lowest BCUT2D eigenvalue weighted by Gasteiger charge is -2.25. The first-order valence-electron chi connectivity index (χ1n) is 6.97. The predicted molar refractivity (Wildman–Crippen MR) is 66.7 cm³/mol. The standard InChI is InChI=1S/C13H26N2O/c1-2-7-15-13(3-1)11-14-8-4-12-5-9-16-10-6-12/h12-15H,1-11H2. The Labute approximate surface area is 99.3 Å². The van der Waals surface area contributed by atoms with Crippen molar-refractivity contribution in [2.75, 3.05) is 32.8 Å². The van der Waals surface area contributed by atoms with Gasteiger partial charge in [-0.1, -0.05) is 6.42 Å². The highest BCUT2D eigenvalue weighted by atomic mass is 16.5. The highest BCUT2D eigenvalue weighted by molar-refractivity contribution is 4.74. The molecular formula is C13H26N2O. The summed E-state index contributed by atoms with van der Waals surface area (Å²) in [5, 5.41) is 7.17. The molecule has 0 bridgehead atoms. The summed E-state index contributed by atoms with van der Waals surface area (Å²) in [4.78, 5) is 0. The Morgan fingerprint density at radius 1 is 1.12 bits per heavy atom. The molecule has 2 aliphatic heterocycles. The quantitative estimate of drug-likeness (QED) is 0.698. The van der Waals surface area contributed by atoms with Crippen LogP contribution in [0.2, 0.25) is 0 Å². The number of rotatable bonds is 5. The van der Waals surface area contributed by atoms with Gasteiger partial charge in [-0.3, -0.25) is 0 Å². The summed E-state index contributed by atoms with van der Waals surface area (Å²) in [7, 11) is 0. The van der Waals surface area contributed by atoms with Gasteiger partial charge in [0.1, 0.15) is 0 Å². The number of piperidine rings is 1. The van der Waals surface area contributed by atoms with E-state index in [2.05, 4.69) is 10.6 Å². The fraction of sp³-hybridized carbons (Fsp3) is 1.00. The highest BCUT2D eigenvalue weighted by Gasteiger charge is 2.14. The van der Waals surface area contributed by atoms with Gasteiger partial charge >= 0.3 is 0 Å². The number of hydrogen-bond acceptors (Lipinski definition) is 3. The van der Waals surface area contributed by atoms with Gasteiger partial charge in [0.25, 0.3) is 0 Å². The second-order valence-corrected chi connectivity index (χ2v) is 5.20. The van der Waals surface area contributed by atoms with Crippen LogP contribution in [-0.4, -0.2) is 38.9 Å². The summed E-state index contributed by atoms with van der Waals surface area (Å²) in [6.45, 7) is 5.52. The summed E-state index contributed by atoms with van der Waals surface area (Å²) in [6, 6.07) is 0.725. The lowest BCUT2D eigenvalue weighted by atomic mass is 9.96. The minimum atomic E-state index is 0.725. The summed E-state index contributed by atoms with van der Waals surface area (Å²) in [5.41, 5.74) is 0. The van der Waals surface area contributed by atoms with Crippen molar-refractivity contribution >= 4 is 0 Å². The average molecular weight is 226 g/mol. The lowest BCUT2D eigenvalue weighted by Crippen LogP contribution is -2.42. The molecule has 2 heterocycles. The van der Waals surface area contributed by atoms with E-state index in [0.29, 0.717) is 0 Å². The van der Waals surface area contributed by atoms with Crippen LogP contribution in [-0.2, 0) is 4.74 Å². The predicted octanol–water partition coefficient (Wildman–Crippen LogP) is 1.53. The van der Waals surface area contributed by atoms with Gasteiger partial charge in [0.15, 0.2) is 0 Å². The van der Waals surface area contributed by atoms with Gasteiger partial charge in [-0.25, -0.2) is 0 Å². The molecule has 0 aromatic rings. The van der Waals surface area contributed by atoms with E-state index in [1.165, 1.54) is 51.6 Å². The van der Waals surface area contributed by atoms with Crippen molar-refractivity contribution in [1.29, 1.82) is 0 Å². The molecule has 2 saturated heterocycles. The Hall–Kier alpha value is -0.120. The molecule has 0 saturated carbocycles. The summed E-state index contributed by atoms with van der Waals surface area (Å²) in [6.07, 6.45) is 7.98. The van der Waals surface area contributed by atoms with Crippen LogP contribution in [0.25, 0.3) is 0 Å². The van der Waals surface area contributed by atoms with Gasteiger partial charge in [0.05, 0.1) is 0 Å². The molecule has 0 radical (unpaired) electrons. The minimum Gasteiger partial charge on any atom is -0.381 e. The molecule has 0 aromatic heterocycles. The van der Waals surface area contributed by atoms with Crippen LogP contribution in [0, 0.1) is 5.92 Å². The fourth-order valence-electron chi connectivity index (χ4n) is 2.72. The SMILES string of the molecule is C1CCC(CNCCC2CCOCC2)NC1. The first kappa shape index (κ1) is 12.3. The van der Waals surface area contributed by atoms with Gasteiger partial charge in [-0.15, -0.1) is 0 Å². The summed E-state index contributed by atoms with van der Waals surface area (Å²) >= 11 is 0. The van der Waals surface area contributed by atoms with Crippen LogP contribution in [0.4, 0.5) is 0 Å². The molecule has 16 heavy (non-hydrogen) atoms. The molecule has 2 N–H and O–H groups in total.